The number of anilines is 2. The van der Waals surface area contributed by atoms with Gasteiger partial charge in [-0.3, -0.25) is 4.79 Å². The second kappa shape index (κ2) is 8.19. The summed E-state index contributed by atoms with van der Waals surface area (Å²) in [5.41, 5.74) is 2.71. The minimum absolute atomic E-state index is 0.00974. The minimum Gasteiger partial charge on any atom is -0.352 e. The van der Waals surface area contributed by atoms with E-state index in [0.717, 1.165) is 46.5 Å². The molecule has 2 aliphatic rings. The molecule has 1 amide bonds. The number of aromatic nitrogens is 1. The standard InChI is InChI=1S/C21H23BrClN3O/c22-18-9-15(23)7-8-19(18)26-20-10-16(14-5-6-14)17(12-24-20)21(27)25-11-13-3-1-2-4-13/h7-10,12-14H,1-6,11H2,(H,24,26)(H,25,27). The average molecular weight is 449 g/mol. The summed E-state index contributed by atoms with van der Waals surface area (Å²) in [6.07, 6.45) is 9.02. The zero-order valence-electron chi connectivity index (χ0n) is 15.1. The van der Waals surface area contributed by atoms with Gasteiger partial charge < -0.3 is 10.6 Å². The molecule has 1 aromatic heterocycles. The molecule has 0 radical (unpaired) electrons. The molecule has 1 aromatic carbocycles. The minimum atomic E-state index is 0.00974. The molecular formula is C21H23BrClN3O. The van der Waals surface area contributed by atoms with Crippen LogP contribution < -0.4 is 10.6 Å². The zero-order valence-corrected chi connectivity index (χ0v) is 17.4. The third-order valence-electron chi connectivity index (χ3n) is 5.42. The molecule has 0 atom stereocenters. The maximum Gasteiger partial charge on any atom is 0.253 e. The summed E-state index contributed by atoms with van der Waals surface area (Å²) < 4.78 is 0.878. The normalized spacial score (nSPS) is 17.1. The number of amides is 1. The van der Waals surface area contributed by atoms with Crippen molar-refractivity contribution >= 4 is 44.9 Å². The highest BCUT2D eigenvalue weighted by Gasteiger charge is 2.29. The van der Waals surface area contributed by atoms with Crippen molar-refractivity contribution in [2.75, 3.05) is 11.9 Å². The number of benzene rings is 1. The van der Waals surface area contributed by atoms with Crippen molar-refractivity contribution in [3.05, 3.63) is 51.1 Å². The molecule has 2 saturated carbocycles. The van der Waals surface area contributed by atoms with Crippen molar-refractivity contribution in [3.8, 4) is 0 Å². The van der Waals surface area contributed by atoms with Gasteiger partial charge in [0.25, 0.3) is 5.91 Å². The zero-order chi connectivity index (χ0) is 18.8. The fraction of sp³-hybridized carbons (Fsp3) is 0.429. The number of hydrogen-bond acceptors (Lipinski definition) is 3. The molecular weight excluding hydrogens is 426 g/mol. The van der Waals surface area contributed by atoms with E-state index in [2.05, 4.69) is 31.5 Å². The first-order chi connectivity index (χ1) is 13.1. The number of carbonyl (C=O) groups excluding carboxylic acids is 1. The lowest BCUT2D eigenvalue weighted by atomic mass is 10.0. The molecule has 4 nitrogen and oxygen atoms in total. The Morgan fingerprint density at radius 1 is 1.19 bits per heavy atom. The van der Waals surface area contributed by atoms with Gasteiger partial charge in [-0.15, -0.1) is 0 Å². The first kappa shape index (κ1) is 18.8. The van der Waals surface area contributed by atoms with Crippen LogP contribution >= 0.6 is 27.5 Å². The van der Waals surface area contributed by atoms with Crippen LogP contribution in [0, 0.1) is 5.92 Å². The van der Waals surface area contributed by atoms with Crippen LogP contribution in [0.25, 0.3) is 0 Å². The Labute approximate surface area is 173 Å². The predicted octanol–water partition coefficient (Wildman–Crippen LogP) is 6.04. The third-order valence-corrected chi connectivity index (χ3v) is 6.31. The smallest absolute Gasteiger partial charge is 0.253 e. The van der Waals surface area contributed by atoms with Crippen molar-refractivity contribution in [3.63, 3.8) is 0 Å². The highest BCUT2D eigenvalue weighted by Crippen LogP contribution is 2.42. The van der Waals surface area contributed by atoms with E-state index in [-0.39, 0.29) is 5.91 Å². The first-order valence-corrected chi connectivity index (χ1v) is 10.8. The largest absolute Gasteiger partial charge is 0.352 e. The summed E-state index contributed by atoms with van der Waals surface area (Å²) in [6, 6.07) is 7.61. The monoisotopic (exact) mass is 447 g/mol. The third kappa shape index (κ3) is 4.64. The van der Waals surface area contributed by atoms with E-state index >= 15 is 0 Å². The van der Waals surface area contributed by atoms with Crippen LogP contribution in [0.5, 0.6) is 0 Å². The molecule has 2 aliphatic carbocycles. The number of rotatable bonds is 6. The van der Waals surface area contributed by atoms with E-state index in [9.17, 15) is 4.79 Å². The Morgan fingerprint density at radius 2 is 1.96 bits per heavy atom. The molecule has 0 saturated heterocycles. The van der Waals surface area contributed by atoms with Gasteiger partial charge in [0, 0.05) is 22.2 Å². The Balaban J connectivity index is 1.50. The van der Waals surface area contributed by atoms with E-state index in [1.54, 1.807) is 6.20 Å². The Kier molecular flexibility index (Phi) is 5.69. The van der Waals surface area contributed by atoms with Crippen molar-refractivity contribution < 1.29 is 4.79 Å². The van der Waals surface area contributed by atoms with Crippen LogP contribution in [0.3, 0.4) is 0 Å². The summed E-state index contributed by atoms with van der Waals surface area (Å²) in [5, 5.41) is 7.12. The van der Waals surface area contributed by atoms with Gasteiger partial charge in [0.1, 0.15) is 5.82 Å². The lowest BCUT2D eigenvalue weighted by Gasteiger charge is -2.14. The van der Waals surface area contributed by atoms with Crippen molar-refractivity contribution in [1.82, 2.24) is 10.3 Å². The SMILES string of the molecule is O=C(NCC1CCCC1)c1cnc(Nc2ccc(Cl)cc2Br)cc1C1CC1. The van der Waals surface area contributed by atoms with Gasteiger partial charge in [-0.2, -0.15) is 0 Å². The van der Waals surface area contributed by atoms with Gasteiger partial charge in [-0.25, -0.2) is 4.98 Å². The number of hydrogen-bond donors (Lipinski definition) is 2. The molecule has 0 unspecified atom stereocenters. The number of nitrogens with zero attached hydrogens (tertiary/aromatic N) is 1. The fourth-order valence-electron chi connectivity index (χ4n) is 3.74. The van der Waals surface area contributed by atoms with Crippen molar-refractivity contribution in [2.45, 2.75) is 44.4 Å². The van der Waals surface area contributed by atoms with E-state index < -0.39 is 0 Å². The molecule has 0 bridgehead atoms. The highest BCUT2D eigenvalue weighted by atomic mass is 79.9. The first-order valence-electron chi connectivity index (χ1n) is 9.60. The molecule has 2 aromatic rings. The molecule has 142 valence electrons. The van der Waals surface area contributed by atoms with E-state index in [4.69, 9.17) is 11.6 Å². The maximum absolute atomic E-state index is 12.7. The number of halogens is 2. The van der Waals surface area contributed by atoms with E-state index in [1.165, 1.54) is 25.7 Å². The van der Waals surface area contributed by atoms with Gasteiger partial charge in [-0.05, 0) is 83.3 Å². The highest BCUT2D eigenvalue weighted by molar-refractivity contribution is 9.10. The number of nitrogens with one attached hydrogen (secondary N) is 2. The molecule has 4 rings (SSSR count). The summed E-state index contributed by atoms with van der Waals surface area (Å²) in [5.74, 6) is 1.85. The Bertz CT molecular complexity index is 847. The second-order valence-electron chi connectivity index (χ2n) is 7.54. The van der Waals surface area contributed by atoms with Crippen LogP contribution in [0.4, 0.5) is 11.5 Å². The van der Waals surface area contributed by atoms with E-state index in [1.807, 2.05) is 24.3 Å². The van der Waals surface area contributed by atoms with Crippen LogP contribution in [-0.4, -0.2) is 17.4 Å². The maximum atomic E-state index is 12.7. The molecule has 2 N–H and O–H groups in total. The molecule has 6 heteroatoms. The van der Waals surface area contributed by atoms with Gasteiger partial charge in [0.15, 0.2) is 0 Å². The lowest BCUT2D eigenvalue weighted by molar-refractivity contribution is 0.0946. The van der Waals surface area contributed by atoms with Gasteiger partial charge in [0.05, 0.1) is 11.3 Å². The second-order valence-corrected chi connectivity index (χ2v) is 8.83. The van der Waals surface area contributed by atoms with Crippen molar-refractivity contribution in [1.29, 1.82) is 0 Å². The molecule has 2 fully saturated rings. The molecule has 27 heavy (non-hydrogen) atoms. The molecule has 0 aliphatic heterocycles. The fourth-order valence-corrected chi connectivity index (χ4v) is 4.52. The van der Waals surface area contributed by atoms with Crippen molar-refractivity contribution in [2.24, 2.45) is 5.92 Å². The summed E-state index contributed by atoms with van der Waals surface area (Å²) >= 11 is 9.53. The Hall–Kier alpha value is -1.59. The van der Waals surface area contributed by atoms with Crippen LogP contribution in [-0.2, 0) is 0 Å². The quantitative estimate of drug-likeness (QED) is 0.566. The van der Waals surface area contributed by atoms with Gasteiger partial charge in [0.2, 0.25) is 0 Å². The average Bonchev–Trinajstić information content (AvgIpc) is 3.38. The van der Waals surface area contributed by atoms with Crippen LogP contribution in [0.15, 0.2) is 34.9 Å². The molecule has 0 spiro atoms. The summed E-state index contributed by atoms with van der Waals surface area (Å²) in [7, 11) is 0. The summed E-state index contributed by atoms with van der Waals surface area (Å²) in [6.45, 7) is 0.778. The topological polar surface area (TPSA) is 54.0 Å². The van der Waals surface area contributed by atoms with E-state index in [0.29, 0.717) is 16.9 Å². The van der Waals surface area contributed by atoms with Gasteiger partial charge >= 0.3 is 0 Å². The van der Waals surface area contributed by atoms with Crippen LogP contribution in [0.2, 0.25) is 5.02 Å². The number of pyridine rings is 1. The summed E-state index contributed by atoms with van der Waals surface area (Å²) in [4.78, 5) is 17.2. The lowest BCUT2D eigenvalue weighted by Crippen LogP contribution is -2.29. The van der Waals surface area contributed by atoms with Crippen LogP contribution in [0.1, 0.15) is 60.4 Å². The number of carbonyl (C=O) groups is 1. The predicted molar refractivity (Wildman–Crippen MR) is 113 cm³/mol. The Morgan fingerprint density at radius 3 is 2.67 bits per heavy atom. The molecule has 1 heterocycles. The van der Waals surface area contributed by atoms with Gasteiger partial charge in [-0.1, -0.05) is 24.4 Å².